The number of nitrogens with zero attached hydrogens (tertiary/aromatic N) is 3. The molecule has 0 amide bonds. The lowest BCUT2D eigenvalue weighted by molar-refractivity contribution is -0.0570. The monoisotopic (exact) mass is 524 g/mol. The Kier molecular flexibility index (Phi) is 7.21. The van der Waals surface area contributed by atoms with Gasteiger partial charge < -0.3 is 27.8 Å². The van der Waals surface area contributed by atoms with Crippen LogP contribution >= 0.6 is 0 Å². The van der Waals surface area contributed by atoms with Gasteiger partial charge in [0.15, 0.2) is 17.4 Å². The molecule has 2 N–H and O–H groups in total. The lowest BCUT2D eigenvalue weighted by Crippen LogP contribution is -2.65. The Bertz CT molecular complexity index is 1100. The molecule has 0 aromatic carbocycles. The third kappa shape index (κ3) is 4.26. The summed E-state index contributed by atoms with van der Waals surface area (Å²) in [5.41, 5.74) is 0.945. The van der Waals surface area contributed by atoms with Gasteiger partial charge in [-0.2, -0.15) is 0 Å². The number of aliphatic hydroxyl groups excluding tert-OH is 1. The molecule has 35 heavy (non-hydrogen) atoms. The van der Waals surface area contributed by atoms with Crippen LogP contribution in [-0.2, 0) is 17.7 Å². The number of rotatable bonds is 5. The van der Waals surface area contributed by atoms with Gasteiger partial charge in [-0.15, -0.1) is 0 Å². The lowest BCUT2D eigenvalue weighted by Gasteiger charge is -2.51. The topological polar surface area (TPSA) is 121 Å². The molecule has 0 bridgehead atoms. The van der Waals surface area contributed by atoms with E-state index < -0.39 is 41.7 Å². The number of imidazole rings is 1. The zero-order chi connectivity index (χ0) is 25.9. The van der Waals surface area contributed by atoms with Crippen molar-refractivity contribution < 1.29 is 22.8 Å². The highest BCUT2D eigenvalue weighted by atomic mass is 28.5. The Labute approximate surface area is 208 Å². The predicted molar refractivity (Wildman–Crippen MR) is 137 cm³/mol. The number of hydrogen-bond donors (Lipinski definition) is 2. The van der Waals surface area contributed by atoms with E-state index in [1.54, 1.807) is 11.5 Å². The van der Waals surface area contributed by atoms with Crippen molar-refractivity contribution in [3.63, 3.8) is 0 Å². The van der Waals surface area contributed by atoms with Gasteiger partial charge in [-0.25, -0.2) is 9.97 Å². The molecule has 2 fully saturated rings. The highest BCUT2D eigenvalue weighted by Crippen LogP contribution is 2.48. The fourth-order valence-electron chi connectivity index (χ4n) is 5.59. The summed E-state index contributed by atoms with van der Waals surface area (Å²) in [5, 5.41) is 11.5. The minimum Gasteiger partial charge on any atom is -0.414 e. The van der Waals surface area contributed by atoms with Crippen LogP contribution in [0.5, 0.6) is 0 Å². The number of aryl methyl sites for hydroxylation is 1. The van der Waals surface area contributed by atoms with E-state index in [1.807, 2.05) is 0 Å². The fraction of sp³-hybridized carbons (Fsp3) is 0.783. The van der Waals surface area contributed by atoms with Gasteiger partial charge >= 0.3 is 17.1 Å². The first kappa shape index (κ1) is 26.6. The SMILES string of the molecule is Cc1nc2c(ncn2[C@@H]2O[C@@H]3CO[Si](C(C)C)(C(C)C)O[Si](C(C)C)(C(C)C)OC3[C@@H]2O)c(=O)[nH]1. The van der Waals surface area contributed by atoms with Crippen LogP contribution in [0.2, 0.25) is 22.2 Å². The summed E-state index contributed by atoms with van der Waals surface area (Å²) in [5.74, 6) is 0.464. The number of ether oxygens (including phenoxy) is 1. The second-order valence-electron chi connectivity index (χ2n) is 11.1. The summed E-state index contributed by atoms with van der Waals surface area (Å²) in [6, 6.07) is 0. The Balaban J connectivity index is 1.79. The number of aliphatic hydroxyl groups is 1. The van der Waals surface area contributed by atoms with Crippen LogP contribution in [0.1, 0.15) is 67.4 Å². The molecular weight excluding hydrogens is 484 g/mol. The van der Waals surface area contributed by atoms with E-state index in [4.69, 9.17) is 17.7 Å². The Morgan fingerprint density at radius 3 is 2.23 bits per heavy atom. The van der Waals surface area contributed by atoms with Crippen LogP contribution in [0.3, 0.4) is 0 Å². The van der Waals surface area contributed by atoms with Gasteiger partial charge in [0, 0.05) is 0 Å². The number of H-pyrrole nitrogens is 1. The lowest BCUT2D eigenvalue weighted by atomic mass is 10.1. The maximum Gasteiger partial charge on any atom is 0.335 e. The van der Waals surface area contributed by atoms with Crippen molar-refractivity contribution >= 4 is 28.3 Å². The number of aromatic amines is 1. The largest absolute Gasteiger partial charge is 0.414 e. The normalized spacial score (nSPS) is 28.7. The quantitative estimate of drug-likeness (QED) is 0.569. The molecule has 2 saturated heterocycles. The second kappa shape index (κ2) is 9.47. The standard InChI is InChI=1S/C23H40N4O6Si2/c1-12(2)34(13(3)4)30-10-17-20(32-35(33-34,14(5)6)15(7)8)19(28)23(31-17)27-11-24-18-21(27)25-16(9)26-22(18)29/h11-15,17,19-20,23,28H,10H2,1-9H3,(H,25,26,29)/t17-,19+,20?,23-/m1/s1. The smallest absolute Gasteiger partial charge is 0.335 e. The summed E-state index contributed by atoms with van der Waals surface area (Å²) in [6.07, 6.45) is -1.46. The molecule has 4 heterocycles. The van der Waals surface area contributed by atoms with Crippen molar-refractivity contribution in [1.82, 2.24) is 19.5 Å². The van der Waals surface area contributed by atoms with E-state index in [0.29, 0.717) is 11.5 Å². The van der Waals surface area contributed by atoms with Gasteiger partial charge in [0.1, 0.15) is 24.1 Å². The van der Waals surface area contributed by atoms with Gasteiger partial charge in [-0.05, 0) is 29.1 Å². The molecule has 10 nitrogen and oxygen atoms in total. The van der Waals surface area contributed by atoms with E-state index in [-0.39, 0.29) is 39.8 Å². The van der Waals surface area contributed by atoms with Crippen molar-refractivity contribution in [2.24, 2.45) is 0 Å². The summed E-state index contributed by atoms with van der Waals surface area (Å²) >= 11 is 0. The molecule has 1 unspecified atom stereocenters. The summed E-state index contributed by atoms with van der Waals surface area (Å²) in [4.78, 5) is 23.7. The van der Waals surface area contributed by atoms with Crippen molar-refractivity contribution in [2.75, 3.05) is 6.61 Å². The maximum absolute atomic E-state index is 12.4. The van der Waals surface area contributed by atoms with Gasteiger partial charge in [0.2, 0.25) is 0 Å². The first-order chi connectivity index (χ1) is 16.3. The number of nitrogens with one attached hydrogen (secondary N) is 1. The summed E-state index contributed by atoms with van der Waals surface area (Å²) < 4.78 is 28.9. The van der Waals surface area contributed by atoms with Crippen LogP contribution in [0.15, 0.2) is 11.1 Å². The van der Waals surface area contributed by atoms with Crippen LogP contribution < -0.4 is 5.56 Å². The minimum atomic E-state index is -2.89. The summed E-state index contributed by atoms with van der Waals surface area (Å²) in [7, 11) is -5.60. The van der Waals surface area contributed by atoms with E-state index >= 15 is 0 Å². The molecule has 2 aliphatic rings. The zero-order valence-corrected chi connectivity index (χ0v) is 24.2. The molecule has 12 heteroatoms. The van der Waals surface area contributed by atoms with Crippen LogP contribution in [-0.4, -0.2) is 66.7 Å². The predicted octanol–water partition coefficient (Wildman–Crippen LogP) is 3.64. The van der Waals surface area contributed by atoms with E-state index in [2.05, 4.69) is 70.3 Å². The van der Waals surface area contributed by atoms with Crippen LogP contribution in [0, 0.1) is 6.92 Å². The van der Waals surface area contributed by atoms with Crippen LogP contribution in [0.4, 0.5) is 0 Å². The summed E-state index contributed by atoms with van der Waals surface area (Å²) in [6.45, 7) is 19.2. The molecule has 2 aliphatic heterocycles. The van der Waals surface area contributed by atoms with Gasteiger partial charge in [0.05, 0.1) is 12.9 Å². The zero-order valence-electron chi connectivity index (χ0n) is 22.2. The average molecular weight is 525 g/mol. The number of aromatic nitrogens is 4. The Morgan fingerprint density at radius 1 is 1.06 bits per heavy atom. The van der Waals surface area contributed by atoms with E-state index in [1.165, 1.54) is 6.33 Å². The Hall–Kier alpha value is -1.42. The van der Waals surface area contributed by atoms with Gasteiger partial charge in [0.25, 0.3) is 5.56 Å². The number of hydrogen-bond acceptors (Lipinski definition) is 8. The highest BCUT2D eigenvalue weighted by molar-refractivity contribution is 6.83. The third-order valence-corrected chi connectivity index (χ3v) is 17.7. The van der Waals surface area contributed by atoms with E-state index in [0.717, 1.165) is 0 Å². The highest BCUT2D eigenvalue weighted by Gasteiger charge is 2.61. The molecule has 0 radical (unpaired) electrons. The molecule has 4 rings (SSSR count). The van der Waals surface area contributed by atoms with Gasteiger partial charge in [-0.1, -0.05) is 55.4 Å². The molecular formula is C23H40N4O6Si2. The van der Waals surface area contributed by atoms with Crippen molar-refractivity contribution in [1.29, 1.82) is 0 Å². The van der Waals surface area contributed by atoms with Crippen molar-refractivity contribution in [3.8, 4) is 0 Å². The van der Waals surface area contributed by atoms with Crippen molar-refractivity contribution in [2.45, 2.75) is 109 Å². The average Bonchev–Trinajstić information content (AvgIpc) is 3.28. The minimum absolute atomic E-state index is 0.137. The molecule has 4 atom stereocenters. The molecule has 0 spiro atoms. The maximum atomic E-state index is 12.4. The first-order valence-corrected chi connectivity index (χ1v) is 16.6. The fourth-order valence-corrected chi connectivity index (χ4v) is 16.8. The van der Waals surface area contributed by atoms with E-state index in [9.17, 15) is 9.90 Å². The van der Waals surface area contributed by atoms with Crippen LogP contribution in [0.25, 0.3) is 11.2 Å². The second-order valence-corrected chi connectivity index (χ2v) is 19.9. The van der Waals surface area contributed by atoms with Gasteiger partial charge in [-0.3, -0.25) is 9.36 Å². The molecule has 196 valence electrons. The third-order valence-electron chi connectivity index (χ3n) is 7.47. The molecule has 2 aromatic heterocycles. The number of fused-ring (bicyclic) bond motifs is 2. The Morgan fingerprint density at radius 2 is 1.66 bits per heavy atom. The molecule has 0 saturated carbocycles. The first-order valence-electron chi connectivity index (χ1n) is 12.6. The molecule has 2 aromatic rings. The molecule has 0 aliphatic carbocycles. The van der Waals surface area contributed by atoms with Crippen molar-refractivity contribution in [3.05, 3.63) is 22.5 Å².